The Labute approximate surface area is 208 Å². The van der Waals surface area contributed by atoms with Gasteiger partial charge in [-0.2, -0.15) is 0 Å². The second-order valence-electron chi connectivity index (χ2n) is 8.56. The third-order valence-corrected chi connectivity index (χ3v) is 7.01. The fourth-order valence-corrected chi connectivity index (χ4v) is 5.39. The zero-order valence-corrected chi connectivity index (χ0v) is 20.5. The predicted molar refractivity (Wildman–Crippen MR) is 138 cm³/mol. The maximum Gasteiger partial charge on any atom is 0.236 e. The lowest BCUT2D eigenvalue weighted by molar-refractivity contribution is -0.130. The molecule has 5 rings (SSSR count). The number of ether oxygens (including phenoxy) is 2. The van der Waals surface area contributed by atoms with Gasteiger partial charge in [-0.05, 0) is 68.0 Å². The van der Waals surface area contributed by atoms with Crippen molar-refractivity contribution in [2.45, 2.75) is 25.6 Å². The van der Waals surface area contributed by atoms with Gasteiger partial charge in [-0.15, -0.1) is 0 Å². The van der Waals surface area contributed by atoms with Gasteiger partial charge in [-0.3, -0.25) is 9.69 Å². The molecule has 3 atom stereocenters. The van der Waals surface area contributed by atoms with Gasteiger partial charge in [-0.25, -0.2) is 0 Å². The van der Waals surface area contributed by atoms with Crippen molar-refractivity contribution < 1.29 is 14.3 Å². The first-order valence-corrected chi connectivity index (χ1v) is 11.7. The van der Waals surface area contributed by atoms with E-state index in [0.29, 0.717) is 27.3 Å². The van der Waals surface area contributed by atoms with Crippen LogP contribution in [0.5, 0.6) is 11.5 Å². The molecule has 0 unspecified atom stereocenters. The van der Waals surface area contributed by atoms with Gasteiger partial charge < -0.3 is 20.1 Å². The number of anilines is 2. The van der Waals surface area contributed by atoms with E-state index in [1.165, 1.54) is 0 Å². The van der Waals surface area contributed by atoms with Crippen molar-refractivity contribution in [1.82, 2.24) is 5.32 Å². The van der Waals surface area contributed by atoms with Crippen LogP contribution < -0.4 is 25.0 Å². The summed E-state index contributed by atoms with van der Waals surface area (Å²) < 4.78 is 12.3. The minimum atomic E-state index is -1.13. The highest BCUT2D eigenvalue weighted by molar-refractivity contribution is 7.80. The molecule has 34 heavy (non-hydrogen) atoms. The number of methoxy groups -OCH3 is 1. The summed E-state index contributed by atoms with van der Waals surface area (Å²) >= 11 is 11.8. The third-order valence-electron chi connectivity index (χ3n) is 6.46. The highest BCUT2D eigenvalue weighted by Gasteiger charge is 2.59. The number of nitrogens with one attached hydrogen (secondary N) is 2. The van der Waals surface area contributed by atoms with Gasteiger partial charge in [0.2, 0.25) is 5.91 Å². The van der Waals surface area contributed by atoms with Crippen molar-refractivity contribution in [2.24, 2.45) is 5.92 Å². The predicted octanol–water partition coefficient (Wildman–Crippen LogP) is 5.46. The monoisotopic (exact) mass is 493 g/mol. The first kappa shape index (κ1) is 22.5. The fourth-order valence-electron chi connectivity index (χ4n) is 4.86. The molecule has 3 aromatic carbocycles. The molecular weight excluding hydrogens is 470 g/mol. The van der Waals surface area contributed by atoms with Gasteiger partial charge in [0.05, 0.1) is 13.2 Å². The van der Waals surface area contributed by atoms with E-state index in [-0.39, 0.29) is 5.91 Å². The molecule has 2 aliphatic heterocycles. The van der Waals surface area contributed by atoms with E-state index in [9.17, 15) is 4.79 Å². The van der Waals surface area contributed by atoms with Crippen molar-refractivity contribution in [3.63, 3.8) is 0 Å². The van der Waals surface area contributed by atoms with Crippen LogP contribution in [-0.2, 0) is 4.79 Å². The quantitative estimate of drug-likeness (QED) is 0.471. The highest BCUT2D eigenvalue weighted by atomic mass is 35.5. The molecule has 3 aromatic rings. The van der Waals surface area contributed by atoms with Crippen LogP contribution in [0, 0.1) is 12.8 Å². The number of halogens is 1. The van der Waals surface area contributed by atoms with Gasteiger partial charge in [0.15, 0.2) is 22.3 Å². The van der Waals surface area contributed by atoms with E-state index in [1.807, 2.05) is 61.2 Å². The minimum absolute atomic E-state index is 0.197. The van der Waals surface area contributed by atoms with E-state index in [1.54, 1.807) is 31.4 Å². The fraction of sp³-hybridized carbons (Fsp3) is 0.231. The Hall–Kier alpha value is -3.29. The van der Waals surface area contributed by atoms with Crippen LogP contribution in [0.4, 0.5) is 11.4 Å². The second kappa shape index (κ2) is 8.49. The molecule has 0 spiro atoms. The summed E-state index contributed by atoms with van der Waals surface area (Å²) in [6.45, 7) is 3.91. The van der Waals surface area contributed by atoms with Gasteiger partial charge in [0.25, 0.3) is 0 Å². The van der Waals surface area contributed by atoms with Gasteiger partial charge in [0.1, 0.15) is 5.92 Å². The number of carbonyl (C=O) groups excluding carboxylic acids is 1. The molecule has 2 N–H and O–H groups in total. The molecule has 8 heteroatoms. The Kier molecular flexibility index (Phi) is 5.62. The van der Waals surface area contributed by atoms with Crippen LogP contribution in [-0.4, -0.2) is 23.9 Å². The molecule has 6 nitrogen and oxygen atoms in total. The second-order valence-corrected chi connectivity index (χ2v) is 9.38. The lowest BCUT2D eigenvalue weighted by Gasteiger charge is -2.56. The lowest BCUT2D eigenvalue weighted by Crippen LogP contribution is -2.72. The molecule has 0 radical (unpaired) electrons. The topological polar surface area (TPSA) is 62.8 Å². The van der Waals surface area contributed by atoms with Gasteiger partial charge in [0, 0.05) is 22.0 Å². The van der Waals surface area contributed by atoms with Crippen molar-refractivity contribution in [2.75, 3.05) is 17.3 Å². The molecule has 0 aromatic heterocycles. The molecular formula is C26H24ClN3O3S. The molecule has 0 saturated carbocycles. The normalized spacial score (nSPS) is 22.8. The van der Waals surface area contributed by atoms with Gasteiger partial charge >= 0.3 is 0 Å². The van der Waals surface area contributed by atoms with E-state index >= 15 is 0 Å². The summed E-state index contributed by atoms with van der Waals surface area (Å²) in [5.74, 6) is 0.359. The Balaban J connectivity index is 1.66. The van der Waals surface area contributed by atoms with Crippen LogP contribution in [0.3, 0.4) is 0 Å². The third kappa shape index (κ3) is 3.56. The number of benzene rings is 3. The van der Waals surface area contributed by atoms with Crippen molar-refractivity contribution in [1.29, 1.82) is 0 Å². The van der Waals surface area contributed by atoms with Crippen molar-refractivity contribution in [3.05, 3.63) is 82.9 Å². The minimum Gasteiger partial charge on any atom is -0.493 e. The average molecular weight is 494 g/mol. The molecule has 1 fully saturated rings. The maximum atomic E-state index is 13.8. The number of rotatable bonds is 4. The SMILES string of the molecule is COc1cccc2c1O[C@@]1(C)[C@@H](C(=O)Nc3ccc(Cl)cc3)[C@H]2NC(=S)N1c1ccccc1C. The zero-order chi connectivity index (χ0) is 24.0. The van der Waals surface area contributed by atoms with E-state index in [0.717, 1.165) is 16.8 Å². The number of nitrogens with zero attached hydrogens (tertiary/aromatic N) is 1. The molecule has 1 amide bonds. The molecule has 0 aliphatic carbocycles. The summed E-state index contributed by atoms with van der Waals surface area (Å²) in [6.07, 6.45) is 0. The van der Waals surface area contributed by atoms with Crippen LogP contribution in [0.2, 0.25) is 5.02 Å². The average Bonchev–Trinajstić information content (AvgIpc) is 2.81. The summed E-state index contributed by atoms with van der Waals surface area (Å²) in [6, 6.07) is 20.2. The Morgan fingerprint density at radius 1 is 1.15 bits per heavy atom. The largest absolute Gasteiger partial charge is 0.493 e. The number of fused-ring (bicyclic) bond motifs is 4. The summed E-state index contributed by atoms with van der Waals surface area (Å²) in [7, 11) is 1.60. The van der Waals surface area contributed by atoms with Crippen LogP contribution in [0.1, 0.15) is 24.1 Å². The zero-order valence-electron chi connectivity index (χ0n) is 19.0. The van der Waals surface area contributed by atoms with E-state index in [2.05, 4.69) is 10.6 Å². The molecule has 1 saturated heterocycles. The number of aryl methyl sites for hydroxylation is 1. The standard InChI is InChI=1S/C26H24ClN3O3S/c1-15-7-4-5-9-19(15)30-25(34)29-22-18-8-6-10-20(32-3)23(18)33-26(30,2)21(22)24(31)28-17-13-11-16(27)12-14-17/h4-14,21-22H,1-3H3,(H,28,31)(H,29,34)/t21-,22+,26+/m1/s1. The van der Waals surface area contributed by atoms with Crippen LogP contribution >= 0.6 is 23.8 Å². The van der Waals surface area contributed by atoms with Crippen molar-refractivity contribution in [3.8, 4) is 11.5 Å². The Morgan fingerprint density at radius 3 is 2.59 bits per heavy atom. The van der Waals surface area contributed by atoms with Crippen LogP contribution in [0.15, 0.2) is 66.7 Å². The van der Waals surface area contributed by atoms with E-state index < -0.39 is 17.7 Å². The molecule has 174 valence electrons. The molecule has 2 aliphatic rings. The number of carbonyl (C=O) groups is 1. The first-order valence-electron chi connectivity index (χ1n) is 10.9. The lowest BCUT2D eigenvalue weighted by atomic mass is 9.78. The maximum absolute atomic E-state index is 13.8. The van der Waals surface area contributed by atoms with Gasteiger partial charge in [-0.1, -0.05) is 41.9 Å². The van der Waals surface area contributed by atoms with Crippen LogP contribution in [0.25, 0.3) is 0 Å². The molecule has 2 heterocycles. The molecule has 2 bridgehead atoms. The first-order chi connectivity index (χ1) is 16.3. The highest BCUT2D eigenvalue weighted by Crippen LogP contribution is 2.52. The summed E-state index contributed by atoms with van der Waals surface area (Å²) in [5.41, 5.74) is 2.22. The Morgan fingerprint density at radius 2 is 1.88 bits per heavy atom. The Bertz CT molecular complexity index is 1280. The summed E-state index contributed by atoms with van der Waals surface area (Å²) in [4.78, 5) is 15.7. The summed E-state index contributed by atoms with van der Waals surface area (Å²) in [5, 5.41) is 7.55. The van der Waals surface area contributed by atoms with E-state index in [4.69, 9.17) is 33.3 Å². The van der Waals surface area contributed by atoms with Crippen molar-refractivity contribution >= 4 is 46.2 Å². The number of amides is 1. The smallest absolute Gasteiger partial charge is 0.236 e. The number of para-hydroxylation sites is 2. The number of hydrogen-bond acceptors (Lipinski definition) is 4. The number of hydrogen-bond donors (Lipinski definition) is 2. The number of thiocarbonyl (C=S) groups is 1.